The lowest BCUT2D eigenvalue weighted by atomic mass is 9.97. The van der Waals surface area contributed by atoms with E-state index in [0.717, 1.165) is 30.9 Å². The molecule has 1 aliphatic carbocycles. The van der Waals surface area contributed by atoms with Gasteiger partial charge >= 0.3 is 0 Å². The zero-order valence-corrected chi connectivity index (χ0v) is 13.2. The first-order valence-electron chi connectivity index (χ1n) is 8.52. The van der Waals surface area contributed by atoms with Gasteiger partial charge in [-0.05, 0) is 57.7 Å². The summed E-state index contributed by atoms with van der Waals surface area (Å²) in [5.41, 5.74) is 1.35. The van der Waals surface area contributed by atoms with Crippen LogP contribution in [0.2, 0.25) is 0 Å². The van der Waals surface area contributed by atoms with E-state index >= 15 is 0 Å². The first-order chi connectivity index (χ1) is 10.4. The molecule has 0 radical (unpaired) electrons. The van der Waals surface area contributed by atoms with E-state index in [0.29, 0.717) is 0 Å². The van der Waals surface area contributed by atoms with Crippen molar-refractivity contribution in [2.75, 3.05) is 26.2 Å². The molecule has 1 aromatic carbocycles. The second kappa shape index (κ2) is 7.28. The van der Waals surface area contributed by atoms with Crippen LogP contribution in [0.25, 0.3) is 0 Å². The van der Waals surface area contributed by atoms with Gasteiger partial charge in [0.1, 0.15) is 5.75 Å². The Morgan fingerprint density at radius 3 is 2.62 bits per heavy atom. The lowest BCUT2D eigenvalue weighted by Crippen LogP contribution is -2.37. The molecule has 0 spiro atoms. The molecule has 2 fully saturated rings. The summed E-state index contributed by atoms with van der Waals surface area (Å²) < 4.78 is 5.79. The van der Waals surface area contributed by atoms with Gasteiger partial charge in [-0.1, -0.05) is 18.2 Å². The predicted molar refractivity (Wildman–Crippen MR) is 86.6 cm³/mol. The highest BCUT2D eigenvalue weighted by molar-refractivity contribution is 5.33. The Labute approximate surface area is 128 Å². The smallest absolute Gasteiger partial charge is 0.123 e. The van der Waals surface area contributed by atoms with E-state index in [1.165, 1.54) is 50.9 Å². The van der Waals surface area contributed by atoms with Gasteiger partial charge in [0.2, 0.25) is 0 Å². The van der Waals surface area contributed by atoms with E-state index in [1.54, 1.807) is 0 Å². The molecule has 21 heavy (non-hydrogen) atoms. The summed E-state index contributed by atoms with van der Waals surface area (Å²) in [5.74, 6) is 1.93. The van der Waals surface area contributed by atoms with E-state index in [4.69, 9.17) is 4.74 Å². The van der Waals surface area contributed by atoms with Crippen molar-refractivity contribution in [1.29, 1.82) is 0 Å². The van der Waals surface area contributed by atoms with Crippen molar-refractivity contribution in [3.63, 3.8) is 0 Å². The van der Waals surface area contributed by atoms with E-state index < -0.39 is 0 Å². The fourth-order valence-electron chi connectivity index (χ4n) is 3.33. The molecule has 116 valence electrons. The second-order valence-electron chi connectivity index (χ2n) is 6.39. The van der Waals surface area contributed by atoms with Crippen molar-refractivity contribution >= 4 is 0 Å². The van der Waals surface area contributed by atoms with Crippen molar-refractivity contribution in [3.8, 4) is 5.75 Å². The molecule has 1 heterocycles. The number of hydrogen-bond acceptors (Lipinski definition) is 3. The van der Waals surface area contributed by atoms with Crippen molar-refractivity contribution in [2.45, 2.75) is 45.2 Å². The summed E-state index contributed by atoms with van der Waals surface area (Å²) in [7, 11) is 0. The van der Waals surface area contributed by atoms with E-state index in [1.807, 2.05) is 0 Å². The minimum Gasteiger partial charge on any atom is -0.494 e. The molecule has 0 unspecified atom stereocenters. The summed E-state index contributed by atoms with van der Waals surface area (Å²) in [6, 6.07) is 9.35. The molecule has 3 rings (SSSR count). The number of nitrogens with one attached hydrogen (secondary N) is 1. The molecule has 3 heteroatoms. The van der Waals surface area contributed by atoms with Crippen LogP contribution in [0.15, 0.2) is 24.3 Å². The SMILES string of the molecule is CCOc1ccccc1CN(CC1CCNCC1)C1CC1. The quantitative estimate of drug-likeness (QED) is 0.834. The van der Waals surface area contributed by atoms with Gasteiger partial charge in [0.05, 0.1) is 6.61 Å². The molecular weight excluding hydrogens is 260 g/mol. The summed E-state index contributed by atoms with van der Waals surface area (Å²) >= 11 is 0. The molecule has 0 aromatic heterocycles. The maximum absolute atomic E-state index is 5.79. The van der Waals surface area contributed by atoms with Crippen LogP contribution in [-0.4, -0.2) is 37.2 Å². The first-order valence-corrected chi connectivity index (χ1v) is 8.52. The highest BCUT2D eigenvalue weighted by Crippen LogP contribution is 2.32. The van der Waals surface area contributed by atoms with Gasteiger partial charge in [0.25, 0.3) is 0 Å². The zero-order valence-electron chi connectivity index (χ0n) is 13.2. The monoisotopic (exact) mass is 288 g/mol. The Kier molecular flexibility index (Phi) is 5.15. The highest BCUT2D eigenvalue weighted by Gasteiger charge is 2.31. The van der Waals surface area contributed by atoms with Gasteiger partial charge in [0, 0.05) is 24.7 Å². The molecule has 2 aliphatic rings. The lowest BCUT2D eigenvalue weighted by molar-refractivity contribution is 0.187. The van der Waals surface area contributed by atoms with Crippen LogP contribution in [0, 0.1) is 5.92 Å². The minimum absolute atomic E-state index is 0.745. The van der Waals surface area contributed by atoms with Crippen LogP contribution < -0.4 is 10.1 Å². The number of nitrogens with zero attached hydrogens (tertiary/aromatic N) is 1. The molecule has 1 aliphatic heterocycles. The summed E-state index contributed by atoms with van der Waals surface area (Å²) in [4.78, 5) is 2.70. The molecule has 1 N–H and O–H groups in total. The highest BCUT2D eigenvalue weighted by atomic mass is 16.5. The van der Waals surface area contributed by atoms with Crippen LogP contribution in [0.1, 0.15) is 38.2 Å². The minimum atomic E-state index is 0.745. The van der Waals surface area contributed by atoms with Crippen LogP contribution in [-0.2, 0) is 6.54 Å². The van der Waals surface area contributed by atoms with Crippen molar-refractivity contribution in [3.05, 3.63) is 29.8 Å². The number of benzene rings is 1. The van der Waals surface area contributed by atoms with Crippen LogP contribution in [0.4, 0.5) is 0 Å². The molecule has 0 amide bonds. The fraction of sp³-hybridized carbons (Fsp3) is 0.667. The molecule has 1 saturated heterocycles. The lowest BCUT2D eigenvalue weighted by Gasteiger charge is -2.30. The van der Waals surface area contributed by atoms with Gasteiger partial charge < -0.3 is 10.1 Å². The zero-order chi connectivity index (χ0) is 14.5. The summed E-state index contributed by atoms with van der Waals surface area (Å²) in [6.45, 7) is 7.49. The maximum atomic E-state index is 5.79. The third kappa shape index (κ3) is 4.21. The van der Waals surface area contributed by atoms with Crippen molar-refractivity contribution in [2.24, 2.45) is 5.92 Å². The normalized spacial score (nSPS) is 19.9. The van der Waals surface area contributed by atoms with Crippen LogP contribution in [0.5, 0.6) is 5.75 Å². The largest absolute Gasteiger partial charge is 0.494 e. The molecule has 3 nitrogen and oxygen atoms in total. The average molecular weight is 288 g/mol. The van der Waals surface area contributed by atoms with E-state index in [9.17, 15) is 0 Å². The second-order valence-corrected chi connectivity index (χ2v) is 6.39. The number of para-hydroxylation sites is 1. The standard InChI is InChI=1S/C18H28N2O/c1-2-21-18-6-4-3-5-16(18)14-20(17-7-8-17)13-15-9-11-19-12-10-15/h3-6,15,17,19H,2,7-14H2,1H3. The van der Waals surface area contributed by atoms with E-state index in [2.05, 4.69) is 41.4 Å². The van der Waals surface area contributed by atoms with Crippen LogP contribution in [0.3, 0.4) is 0 Å². The molecule has 1 saturated carbocycles. The third-order valence-corrected chi connectivity index (χ3v) is 4.66. The number of piperidine rings is 1. The van der Waals surface area contributed by atoms with Crippen LogP contribution >= 0.6 is 0 Å². The Hall–Kier alpha value is -1.06. The number of ether oxygens (including phenoxy) is 1. The Morgan fingerprint density at radius 1 is 1.14 bits per heavy atom. The van der Waals surface area contributed by atoms with Crippen molar-refractivity contribution in [1.82, 2.24) is 10.2 Å². The maximum Gasteiger partial charge on any atom is 0.123 e. The Balaban J connectivity index is 1.64. The van der Waals surface area contributed by atoms with Gasteiger partial charge in [0.15, 0.2) is 0 Å². The van der Waals surface area contributed by atoms with Gasteiger partial charge in [-0.25, -0.2) is 0 Å². The third-order valence-electron chi connectivity index (χ3n) is 4.66. The predicted octanol–water partition coefficient (Wildman–Crippen LogP) is 3.05. The Bertz CT molecular complexity index is 439. The fourth-order valence-corrected chi connectivity index (χ4v) is 3.33. The average Bonchev–Trinajstić information content (AvgIpc) is 3.35. The number of hydrogen-bond donors (Lipinski definition) is 1. The van der Waals surface area contributed by atoms with Gasteiger partial charge in [-0.2, -0.15) is 0 Å². The summed E-state index contributed by atoms with van der Waals surface area (Å²) in [6.07, 6.45) is 5.41. The number of rotatable bonds is 7. The Morgan fingerprint density at radius 2 is 1.90 bits per heavy atom. The van der Waals surface area contributed by atoms with Gasteiger partial charge in [-0.3, -0.25) is 4.90 Å². The molecule has 0 atom stereocenters. The molecular formula is C18H28N2O. The molecule has 0 bridgehead atoms. The topological polar surface area (TPSA) is 24.5 Å². The van der Waals surface area contributed by atoms with Gasteiger partial charge in [-0.15, -0.1) is 0 Å². The van der Waals surface area contributed by atoms with Crippen molar-refractivity contribution < 1.29 is 4.74 Å². The molecule has 1 aromatic rings. The van der Waals surface area contributed by atoms with E-state index in [-0.39, 0.29) is 0 Å². The first kappa shape index (κ1) is 14.9. The summed E-state index contributed by atoms with van der Waals surface area (Å²) in [5, 5.41) is 3.47.